The molecule has 1 aliphatic rings. The molecule has 0 heterocycles. The Kier molecular flexibility index (Phi) is 6.48. The maximum atomic E-state index is 11.7. The molecule has 20 heavy (non-hydrogen) atoms. The summed E-state index contributed by atoms with van der Waals surface area (Å²) < 4.78 is 0. The first-order valence-corrected chi connectivity index (χ1v) is 7.21. The molecule has 0 spiro atoms. The minimum atomic E-state index is -1.04. The number of rotatable bonds is 7. The fraction of sp³-hybridized carbons (Fsp3) is 0.786. The van der Waals surface area contributed by atoms with Crippen LogP contribution >= 0.6 is 0 Å². The number of carboxylic acid groups (broad SMARTS) is 1. The molecule has 0 aliphatic heterocycles. The van der Waals surface area contributed by atoms with Gasteiger partial charge in [0.25, 0.3) is 0 Å². The topological polar surface area (TPSA) is 95.5 Å². The summed E-state index contributed by atoms with van der Waals surface area (Å²) in [4.78, 5) is 34.3. The van der Waals surface area contributed by atoms with Crippen molar-refractivity contribution in [1.29, 1.82) is 0 Å². The van der Waals surface area contributed by atoms with Crippen LogP contribution in [0.5, 0.6) is 0 Å². The number of hydrogen-bond acceptors (Lipinski definition) is 3. The molecule has 114 valence electrons. The SMILES string of the molecule is CC(C)[C@H](NC(=O)CCNC(=O)C1CCCC1)C(=O)O. The Balaban J connectivity index is 2.25. The highest BCUT2D eigenvalue weighted by atomic mass is 16.4. The first-order chi connectivity index (χ1) is 9.41. The van der Waals surface area contributed by atoms with Crippen LogP contribution in [-0.4, -0.2) is 35.5 Å². The molecule has 0 unspecified atom stereocenters. The van der Waals surface area contributed by atoms with E-state index < -0.39 is 12.0 Å². The van der Waals surface area contributed by atoms with Crippen LogP contribution in [0.3, 0.4) is 0 Å². The van der Waals surface area contributed by atoms with E-state index in [1.165, 1.54) is 0 Å². The molecule has 1 rings (SSSR count). The van der Waals surface area contributed by atoms with Crippen LogP contribution in [0.1, 0.15) is 46.0 Å². The molecule has 1 atom stereocenters. The van der Waals surface area contributed by atoms with E-state index in [2.05, 4.69) is 10.6 Å². The fourth-order valence-electron chi connectivity index (χ4n) is 2.39. The quantitative estimate of drug-likeness (QED) is 0.647. The van der Waals surface area contributed by atoms with Gasteiger partial charge in [-0.05, 0) is 18.8 Å². The zero-order valence-electron chi connectivity index (χ0n) is 12.1. The van der Waals surface area contributed by atoms with Gasteiger partial charge < -0.3 is 15.7 Å². The summed E-state index contributed by atoms with van der Waals surface area (Å²) in [5, 5.41) is 14.2. The highest BCUT2D eigenvalue weighted by molar-refractivity contribution is 5.84. The third-order valence-corrected chi connectivity index (χ3v) is 3.63. The molecule has 0 aromatic carbocycles. The highest BCUT2D eigenvalue weighted by Crippen LogP contribution is 2.24. The molecule has 2 amide bonds. The van der Waals surface area contributed by atoms with Crippen LogP contribution < -0.4 is 10.6 Å². The second-order valence-electron chi connectivity index (χ2n) is 5.65. The zero-order chi connectivity index (χ0) is 15.1. The summed E-state index contributed by atoms with van der Waals surface area (Å²) in [6, 6.07) is -0.881. The van der Waals surface area contributed by atoms with Crippen molar-refractivity contribution in [2.75, 3.05) is 6.54 Å². The summed E-state index contributed by atoms with van der Waals surface area (Å²) in [5.74, 6) is -1.47. The van der Waals surface area contributed by atoms with Crippen molar-refractivity contribution in [2.45, 2.75) is 52.0 Å². The largest absolute Gasteiger partial charge is 0.480 e. The lowest BCUT2D eigenvalue weighted by Crippen LogP contribution is -2.45. The third-order valence-electron chi connectivity index (χ3n) is 3.63. The molecule has 0 saturated heterocycles. The molecule has 1 saturated carbocycles. The van der Waals surface area contributed by atoms with E-state index in [0.29, 0.717) is 0 Å². The summed E-state index contributed by atoms with van der Waals surface area (Å²) in [5.41, 5.74) is 0. The number of amides is 2. The normalized spacial score (nSPS) is 16.9. The van der Waals surface area contributed by atoms with E-state index in [1.54, 1.807) is 13.8 Å². The number of nitrogens with one attached hydrogen (secondary N) is 2. The van der Waals surface area contributed by atoms with Crippen molar-refractivity contribution in [3.63, 3.8) is 0 Å². The van der Waals surface area contributed by atoms with Crippen LogP contribution in [0.25, 0.3) is 0 Å². The van der Waals surface area contributed by atoms with Gasteiger partial charge in [0.15, 0.2) is 0 Å². The van der Waals surface area contributed by atoms with E-state index >= 15 is 0 Å². The van der Waals surface area contributed by atoms with Gasteiger partial charge in [0, 0.05) is 18.9 Å². The van der Waals surface area contributed by atoms with Gasteiger partial charge in [-0.1, -0.05) is 26.7 Å². The maximum absolute atomic E-state index is 11.7. The number of hydrogen-bond donors (Lipinski definition) is 3. The average molecular weight is 284 g/mol. The van der Waals surface area contributed by atoms with Crippen LogP contribution in [0.2, 0.25) is 0 Å². The van der Waals surface area contributed by atoms with Crippen molar-refractivity contribution in [3.8, 4) is 0 Å². The van der Waals surface area contributed by atoms with E-state index in [4.69, 9.17) is 5.11 Å². The first kappa shape index (κ1) is 16.5. The Morgan fingerprint density at radius 1 is 1.20 bits per heavy atom. The molecule has 1 fully saturated rings. The molecule has 0 aromatic rings. The highest BCUT2D eigenvalue weighted by Gasteiger charge is 2.24. The fourth-order valence-corrected chi connectivity index (χ4v) is 2.39. The van der Waals surface area contributed by atoms with E-state index in [9.17, 15) is 14.4 Å². The van der Waals surface area contributed by atoms with Crippen molar-refractivity contribution in [1.82, 2.24) is 10.6 Å². The minimum Gasteiger partial charge on any atom is -0.480 e. The molecular formula is C14H24N2O4. The van der Waals surface area contributed by atoms with Gasteiger partial charge in [0.1, 0.15) is 6.04 Å². The lowest BCUT2D eigenvalue weighted by molar-refractivity contribution is -0.143. The third kappa shape index (κ3) is 5.19. The van der Waals surface area contributed by atoms with Gasteiger partial charge in [-0.15, -0.1) is 0 Å². The lowest BCUT2D eigenvalue weighted by Gasteiger charge is -2.18. The summed E-state index contributed by atoms with van der Waals surface area (Å²) in [6.07, 6.45) is 4.13. The Labute approximate surface area is 119 Å². The molecule has 6 nitrogen and oxygen atoms in total. The van der Waals surface area contributed by atoms with E-state index in [1.807, 2.05) is 0 Å². The van der Waals surface area contributed by atoms with Crippen LogP contribution in [0.15, 0.2) is 0 Å². The Morgan fingerprint density at radius 3 is 2.30 bits per heavy atom. The molecule has 3 N–H and O–H groups in total. The van der Waals surface area contributed by atoms with Gasteiger partial charge in [0.05, 0.1) is 0 Å². The second-order valence-corrected chi connectivity index (χ2v) is 5.65. The molecular weight excluding hydrogens is 260 g/mol. The zero-order valence-corrected chi connectivity index (χ0v) is 12.1. The maximum Gasteiger partial charge on any atom is 0.326 e. The summed E-state index contributed by atoms with van der Waals surface area (Å²) in [6.45, 7) is 3.73. The summed E-state index contributed by atoms with van der Waals surface area (Å²) in [7, 11) is 0. The average Bonchev–Trinajstić information content (AvgIpc) is 2.88. The second kappa shape index (κ2) is 7.87. The van der Waals surface area contributed by atoms with Gasteiger partial charge in [0.2, 0.25) is 11.8 Å². The van der Waals surface area contributed by atoms with Gasteiger partial charge in [-0.2, -0.15) is 0 Å². The predicted octanol–water partition coefficient (Wildman–Crippen LogP) is 0.908. The predicted molar refractivity (Wildman–Crippen MR) is 74.0 cm³/mol. The monoisotopic (exact) mass is 284 g/mol. The standard InChI is InChI=1S/C14H24N2O4/c1-9(2)12(14(19)20)16-11(17)7-8-15-13(18)10-5-3-4-6-10/h9-10,12H,3-8H2,1-2H3,(H,15,18)(H,16,17)(H,19,20)/t12-/m0/s1. The van der Waals surface area contributed by atoms with Crippen LogP contribution in [0, 0.1) is 11.8 Å². The van der Waals surface area contributed by atoms with Crippen molar-refractivity contribution < 1.29 is 19.5 Å². The van der Waals surface area contributed by atoms with Crippen molar-refractivity contribution in [2.24, 2.45) is 11.8 Å². The minimum absolute atomic E-state index is 0.00828. The molecule has 1 aliphatic carbocycles. The number of aliphatic carboxylic acids is 1. The Hall–Kier alpha value is -1.59. The van der Waals surface area contributed by atoms with Gasteiger partial charge in [-0.25, -0.2) is 4.79 Å². The number of carboxylic acids is 1. The molecule has 6 heteroatoms. The molecule has 0 bridgehead atoms. The van der Waals surface area contributed by atoms with Gasteiger partial charge >= 0.3 is 5.97 Å². The van der Waals surface area contributed by atoms with E-state index in [-0.39, 0.29) is 36.6 Å². The van der Waals surface area contributed by atoms with Crippen molar-refractivity contribution in [3.05, 3.63) is 0 Å². The summed E-state index contributed by atoms with van der Waals surface area (Å²) >= 11 is 0. The molecule has 0 aromatic heterocycles. The van der Waals surface area contributed by atoms with Gasteiger partial charge in [-0.3, -0.25) is 9.59 Å². The van der Waals surface area contributed by atoms with Crippen molar-refractivity contribution >= 4 is 17.8 Å². The number of carbonyl (C=O) groups excluding carboxylic acids is 2. The lowest BCUT2D eigenvalue weighted by atomic mass is 10.0. The first-order valence-electron chi connectivity index (χ1n) is 7.21. The smallest absolute Gasteiger partial charge is 0.326 e. The molecule has 0 radical (unpaired) electrons. The Bertz CT molecular complexity index is 362. The van der Waals surface area contributed by atoms with Crippen LogP contribution in [-0.2, 0) is 14.4 Å². The van der Waals surface area contributed by atoms with E-state index in [0.717, 1.165) is 25.7 Å². The number of carbonyl (C=O) groups is 3. The Morgan fingerprint density at radius 2 is 1.80 bits per heavy atom. The van der Waals surface area contributed by atoms with Crippen LogP contribution in [0.4, 0.5) is 0 Å².